The van der Waals surface area contributed by atoms with Crippen molar-refractivity contribution in [3.05, 3.63) is 53.6 Å². The molecule has 0 fully saturated rings. The van der Waals surface area contributed by atoms with E-state index in [1.165, 1.54) is 6.08 Å². The van der Waals surface area contributed by atoms with E-state index in [2.05, 4.69) is 6.07 Å². The molecule has 0 amide bonds. The minimum Gasteiger partial charge on any atom is -0.486 e. The average molecular weight is 321 g/mol. The highest BCUT2D eigenvalue weighted by Gasteiger charge is 2.17. The van der Waals surface area contributed by atoms with E-state index in [0.717, 1.165) is 28.2 Å². The van der Waals surface area contributed by atoms with E-state index in [-0.39, 0.29) is 0 Å². The maximum atomic E-state index is 9.20. The van der Waals surface area contributed by atoms with Gasteiger partial charge >= 0.3 is 0 Å². The van der Waals surface area contributed by atoms with Crippen molar-refractivity contribution in [2.24, 2.45) is 0 Å². The van der Waals surface area contributed by atoms with Gasteiger partial charge in [0.2, 0.25) is 0 Å². The van der Waals surface area contributed by atoms with Crippen molar-refractivity contribution in [2.75, 3.05) is 26.4 Å². The van der Waals surface area contributed by atoms with Crippen LogP contribution in [0.3, 0.4) is 0 Å². The molecule has 5 heteroatoms. The van der Waals surface area contributed by atoms with Gasteiger partial charge < -0.3 is 18.9 Å². The van der Waals surface area contributed by atoms with E-state index in [1.807, 2.05) is 36.4 Å². The summed E-state index contributed by atoms with van der Waals surface area (Å²) in [6.45, 7) is 2.15. The van der Waals surface area contributed by atoms with Crippen LogP contribution in [0, 0.1) is 11.3 Å². The molecule has 120 valence electrons. The van der Waals surface area contributed by atoms with E-state index >= 15 is 0 Å². The summed E-state index contributed by atoms with van der Waals surface area (Å²) < 4.78 is 22.4. The summed E-state index contributed by atoms with van der Waals surface area (Å²) in [6, 6.07) is 13.5. The Bertz CT molecular complexity index is 789. The normalized spacial score (nSPS) is 14.5. The molecule has 2 aliphatic heterocycles. The second-order valence-electron chi connectivity index (χ2n) is 5.40. The fourth-order valence-corrected chi connectivity index (χ4v) is 2.82. The van der Waals surface area contributed by atoms with Gasteiger partial charge in [-0.2, -0.15) is 5.26 Å². The summed E-state index contributed by atoms with van der Waals surface area (Å²) in [4.78, 5) is 0. The molecule has 0 bridgehead atoms. The van der Waals surface area contributed by atoms with Gasteiger partial charge in [-0.1, -0.05) is 12.1 Å². The van der Waals surface area contributed by atoms with Crippen LogP contribution in [0.1, 0.15) is 11.1 Å². The van der Waals surface area contributed by atoms with Gasteiger partial charge in [-0.15, -0.1) is 0 Å². The lowest BCUT2D eigenvalue weighted by Crippen LogP contribution is -2.15. The van der Waals surface area contributed by atoms with Gasteiger partial charge in [0.25, 0.3) is 0 Å². The first-order chi connectivity index (χ1) is 11.8. The fraction of sp³-hybridized carbons (Fsp3) is 0.211. The topological polar surface area (TPSA) is 60.7 Å². The molecule has 0 spiro atoms. The first kappa shape index (κ1) is 14.5. The average Bonchev–Trinajstić information content (AvgIpc) is 2.65. The Hall–Kier alpha value is -3.13. The number of allylic oxidation sites excluding steroid dienone is 1. The van der Waals surface area contributed by atoms with E-state index in [9.17, 15) is 5.26 Å². The summed E-state index contributed by atoms with van der Waals surface area (Å²) in [5, 5.41) is 9.20. The minimum atomic E-state index is 0.526. The Morgan fingerprint density at radius 2 is 1.21 bits per heavy atom. The monoisotopic (exact) mass is 321 g/mol. The van der Waals surface area contributed by atoms with Crippen LogP contribution < -0.4 is 18.9 Å². The zero-order chi connectivity index (χ0) is 16.4. The quantitative estimate of drug-likeness (QED) is 0.795. The van der Waals surface area contributed by atoms with Gasteiger partial charge in [-0.05, 0) is 41.0 Å². The van der Waals surface area contributed by atoms with Crippen LogP contribution in [0.4, 0.5) is 0 Å². The lowest BCUT2D eigenvalue weighted by molar-refractivity contribution is 0.171. The molecule has 0 saturated carbocycles. The van der Waals surface area contributed by atoms with Crippen molar-refractivity contribution >= 4 is 5.57 Å². The summed E-state index contributed by atoms with van der Waals surface area (Å²) >= 11 is 0. The minimum absolute atomic E-state index is 0.526. The highest BCUT2D eigenvalue weighted by atomic mass is 16.6. The third-order valence-corrected chi connectivity index (χ3v) is 3.92. The van der Waals surface area contributed by atoms with Crippen LogP contribution in [-0.2, 0) is 0 Å². The molecule has 2 aliphatic rings. The van der Waals surface area contributed by atoms with Gasteiger partial charge in [0.15, 0.2) is 23.0 Å². The standard InChI is InChI=1S/C19H15NO4/c20-6-5-15(13-1-3-16-18(11-13)23-9-7-21-16)14-2-4-17-19(12-14)24-10-8-22-17/h1-5,11-12H,7-10H2. The Labute approximate surface area is 139 Å². The SMILES string of the molecule is N#CC=C(c1ccc2c(c1)OCCO2)c1ccc2c(c1)OCCO2. The van der Waals surface area contributed by atoms with Crippen LogP contribution in [0.5, 0.6) is 23.0 Å². The van der Waals surface area contributed by atoms with E-state index < -0.39 is 0 Å². The molecule has 0 unspecified atom stereocenters. The molecular weight excluding hydrogens is 306 g/mol. The summed E-state index contributed by atoms with van der Waals surface area (Å²) in [5.41, 5.74) is 2.57. The van der Waals surface area contributed by atoms with Crippen molar-refractivity contribution in [2.45, 2.75) is 0 Å². The second-order valence-corrected chi connectivity index (χ2v) is 5.40. The molecule has 0 saturated heterocycles. The Kier molecular flexibility index (Phi) is 3.72. The molecule has 0 atom stereocenters. The van der Waals surface area contributed by atoms with Gasteiger partial charge in [-0.25, -0.2) is 0 Å². The zero-order valence-electron chi connectivity index (χ0n) is 13.0. The van der Waals surface area contributed by atoms with Gasteiger partial charge in [0.05, 0.1) is 6.07 Å². The van der Waals surface area contributed by atoms with Gasteiger partial charge in [0.1, 0.15) is 26.4 Å². The third kappa shape index (κ3) is 2.63. The number of ether oxygens (including phenoxy) is 4. The van der Waals surface area contributed by atoms with Crippen molar-refractivity contribution in [3.63, 3.8) is 0 Å². The molecule has 5 nitrogen and oxygen atoms in total. The fourth-order valence-electron chi connectivity index (χ4n) is 2.82. The lowest BCUT2D eigenvalue weighted by Gasteiger charge is -2.21. The summed E-state index contributed by atoms with van der Waals surface area (Å²) in [6.07, 6.45) is 1.52. The Morgan fingerprint density at radius 3 is 1.67 bits per heavy atom. The van der Waals surface area contributed by atoms with Gasteiger partial charge in [0, 0.05) is 6.08 Å². The molecule has 2 heterocycles. The zero-order valence-corrected chi connectivity index (χ0v) is 13.0. The molecule has 0 N–H and O–H groups in total. The molecule has 0 aromatic heterocycles. The highest BCUT2D eigenvalue weighted by Crippen LogP contribution is 2.38. The van der Waals surface area contributed by atoms with Crippen molar-refractivity contribution in [1.82, 2.24) is 0 Å². The third-order valence-electron chi connectivity index (χ3n) is 3.92. The molecule has 24 heavy (non-hydrogen) atoms. The highest BCUT2D eigenvalue weighted by molar-refractivity contribution is 5.83. The molecule has 0 aliphatic carbocycles. The Morgan fingerprint density at radius 1 is 0.750 bits per heavy atom. The molecule has 2 aromatic carbocycles. The first-order valence-corrected chi connectivity index (χ1v) is 7.75. The van der Waals surface area contributed by atoms with Crippen LogP contribution in [0.15, 0.2) is 42.5 Å². The number of rotatable bonds is 2. The van der Waals surface area contributed by atoms with E-state index in [1.54, 1.807) is 0 Å². The number of fused-ring (bicyclic) bond motifs is 2. The number of hydrogen-bond donors (Lipinski definition) is 0. The van der Waals surface area contributed by atoms with Crippen molar-refractivity contribution in [3.8, 4) is 29.1 Å². The smallest absolute Gasteiger partial charge is 0.161 e. The number of nitriles is 1. The van der Waals surface area contributed by atoms with E-state index in [0.29, 0.717) is 37.9 Å². The van der Waals surface area contributed by atoms with Crippen molar-refractivity contribution < 1.29 is 18.9 Å². The summed E-state index contributed by atoms with van der Waals surface area (Å²) in [5.74, 6) is 2.84. The predicted molar refractivity (Wildman–Crippen MR) is 87.6 cm³/mol. The molecule has 2 aromatic rings. The Balaban J connectivity index is 1.75. The largest absolute Gasteiger partial charge is 0.486 e. The maximum Gasteiger partial charge on any atom is 0.161 e. The number of hydrogen-bond acceptors (Lipinski definition) is 5. The molecular formula is C19H15NO4. The van der Waals surface area contributed by atoms with E-state index in [4.69, 9.17) is 18.9 Å². The van der Waals surface area contributed by atoms with Crippen molar-refractivity contribution in [1.29, 1.82) is 5.26 Å². The molecule has 0 radical (unpaired) electrons. The van der Waals surface area contributed by atoms with Crippen LogP contribution >= 0.6 is 0 Å². The molecule has 4 rings (SSSR count). The summed E-state index contributed by atoms with van der Waals surface area (Å²) in [7, 11) is 0. The van der Waals surface area contributed by atoms with Gasteiger partial charge in [-0.3, -0.25) is 0 Å². The maximum absolute atomic E-state index is 9.20. The lowest BCUT2D eigenvalue weighted by atomic mass is 9.96. The second kappa shape index (κ2) is 6.17. The van der Waals surface area contributed by atoms with Crippen LogP contribution in [0.25, 0.3) is 5.57 Å². The predicted octanol–water partition coefficient (Wildman–Crippen LogP) is 3.18. The van der Waals surface area contributed by atoms with Crippen LogP contribution in [-0.4, -0.2) is 26.4 Å². The first-order valence-electron chi connectivity index (χ1n) is 7.75. The number of nitrogens with zero attached hydrogens (tertiary/aromatic N) is 1. The number of benzene rings is 2. The van der Waals surface area contributed by atoms with Crippen LogP contribution in [0.2, 0.25) is 0 Å².